The first-order valence-electron chi connectivity index (χ1n) is 13.7. The van der Waals surface area contributed by atoms with Crippen LogP contribution in [0.1, 0.15) is 19.4 Å². The van der Waals surface area contributed by atoms with Crippen molar-refractivity contribution in [3.63, 3.8) is 0 Å². The number of methoxy groups -OCH3 is 4. The van der Waals surface area contributed by atoms with Crippen molar-refractivity contribution < 1.29 is 42.4 Å². The summed E-state index contributed by atoms with van der Waals surface area (Å²) in [4.78, 5) is 37.6. The molecular formula is C33H29NO10. The van der Waals surface area contributed by atoms with Crippen molar-refractivity contribution in [3.05, 3.63) is 58.4 Å². The van der Waals surface area contributed by atoms with Crippen molar-refractivity contribution in [2.75, 3.05) is 28.4 Å². The largest absolute Gasteiger partial charge is 0.493 e. The lowest BCUT2D eigenvalue weighted by atomic mass is 9.91. The number of rotatable bonds is 7. The van der Waals surface area contributed by atoms with Gasteiger partial charge in [0, 0.05) is 48.4 Å². The van der Waals surface area contributed by atoms with E-state index in [4.69, 9.17) is 32.8 Å². The van der Waals surface area contributed by atoms with Gasteiger partial charge in [0.15, 0.2) is 34.5 Å². The Balaban J connectivity index is 1.79. The van der Waals surface area contributed by atoms with E-state index in [2.05, 4.69) is 0 Å². The van der Waals surface area contributed by atoms with Gasteiger partial charge in [-0.15, -0.1) is 0 Å². The van der Waals surface area contributed by atoms with Crippen molar-refractivity contribution in [2.24, 2.45) is 0 Å². The quantitative estimate of drug-likeness (QED) is 0.134. The van der Waals surface area contributed by atoms with Crippen LogP contribution >= 0.6 is 0 Å². The zero-order valence-corrected chi connectivity index (χ0v) is 25.0. The van der Waals surface area contributed by atoms with Gasteiger partial charge in [0.05, 0.1) is 34.1 Å². The molecule has 0 unspecified atom stereocenters. The zero-order chi connectivity index (χ0) is 31.3. The minimum Gasteiger partial charge on any atom is -0.493 e. The Hall–Kier alpha value is -5.45. The van der Waals surface area contributed by atoms with E-state index < -0.39 is 17.6 Å². The third kappa shape index (κ3) is 4.57. The van der Waals surface area contributed by atoms with Gasteiger partial charge in [-0.3, -0.25) is 9.59 Å². The molecule has 11 nitrogen and oxygen atoms in total. The predicted molar refractivity (Wildman–Crippen MR) is 161 cm³/mol. The van der Waals surface area contributed by atoms with Crippen LogP contribution in [0.2, 0.25) is 0 Å². The molecule has 0 atom stereocenters. The molecule has 0 N–H and O–H groups in total. The fourth-order valence-corrected chi connectivity index (χ4v) is 5.89. The molecule has 0 fully saturated rings. The van der Waals surface area contributed by atoms with Crippen molar-refractivity contribution in [1.82, 2.24) is 4.57 Å². The monoisotopic (exact) mass is 599 g/mol. The second-order valence-electron chi connectivity index (χ2n) is 10.2. The minimum atomic E-state index is -0.573. The molecule has 2 aromatic heterocycles. The van der Waals surface area contributed by atoms with Gasteiger partial charge in [0.1, 0.15) is 11.1 Å². The van der Waals surface area contributed by atoms with E-state index in [1.807, 2.05) is 22.8 Å². The van der Waals surface area contributed by atoms with E-state index in [0.29, 0.717) is 57.6 Å². The Labute approximate surface area is 251 Å². The van der Waals surface area contributed by atoms with Crippen molar-refractivity contribution in [1.29, 1.82) is 0 Å². The molecule has 3 aromatic carbocycles. The molecule has 226 valence electrons. The molecule has 44 heavy (non-hydrogen) atoms. The first-order chi connectivity index (χ1) is 21.2. The van der Waals surface area contributed by atoms with Crippen molar-refractivity contribution >= 4 is 33.8 Å². The maximum Gasteiger partial charge on any atom is 0.361 e. The number of nitrogens with zero attached hydrogens (tertiary/aromatic N) is 1. The van der Waals surface area contributed by atoms with E-state index in [0.717, 1.165) is 16.8 Å². The third-order valence-electron chi connectivity index (χ3n) is 7.62. The number of carbonyl (C=O) groups is 2. The summed E-state index contributed by atoms with van der Waals surface area (Å²) in [5.41, 5.74) is 3.88. The van der Waals surface area contributed by atoms with Crippen LogP contribution in [-0.4, -0.2) is 44.9 Å². The summed E-state index contributed by atoms with van der Waals surface area (Å²) >= 11 is 0. The standard InChI is InChI=1S/C33H29NO10/c1-16(35)42-27-12-19(7-8-22(27)38-3)29-30-21-14-26(41-6)28(43-17(2)36)15-23(21)44-33(37)32(30)34-10-9-18-11-24(39-4)25(40-5)13-20(18)31(29)34/h7-8,11-15H,9-10H2,1-6H3. The third-order valence-corrected chi connectivity index (χ3v) is 7.62. The summed E-state index contributed by atoms with van der Waals surface area (Å²) in [6.07, 6.45) is 0.611. The van der Waals surface area contributed by atoms with Crippen LogP contribution in [-0.2, 0) is 22.6 Å². The molecule has 3 heterocycles. The van der Waals surface area contributed by atoms with Crippen LogP contribution in [0, 0.1) is 0 Å². The molecule has 1 aliphatic rings. The molecular weight excluding hydrogens is 570 g/mol. The number of benzene rings is 3. The second-order valence-corrected chi connectivity index (χ2v) is 10.2. The lowest BCUT2D eigenvalue weighted by molar-refractivity contribution is -0.132. The summed E-state index contributed by atoms with van der Waals surface area (Å²) in [5, 5.41) is 1.14. The van der Waals surface area contributed by atoms with E-state index in [1.54, 1.807) is 32.4 Å². The lowest BCUT2D eigenvalue weighted by Crippen LogP contribution is -2.15. The second kappa shape index (κ2) is 11.0. The smallest absolute Gasteiger partial charge is 0.361 e. The Bertz CT molecular complexity index is 2050. The summed E-state index contributed by atoms with van der Waals surface area (Å²) < 4.78 is 40.9. The van der Waals surface area contributed by atoms with Gasteiger partial charge in [-0.05, 0) is 47.9 Å². The number of hydrogen-bond donors (Lipinski definition) is 0. The Morgan fingerprint density at radius 2 is 1.36 bits per heavy atom. The van der Waals surface area contributed by atoms with Gasteiger partial charge in [-0.25, -0.2) is 4.79 Å². The van der Waals surface area contributed by atoms with Crippen LogP contribution < -0.4 is 34.0 Å². The van der Waals surface area contributed by atoms with Gasteiger partial charge in [0.2, 0.25) is 0 Å². The minimum absolute atomic E-state index is 0.115. The molecule has 0 bridgehead atoms. The van der Waals surface area contributed by atoms with Crippen LogP contribution in [0.5, 0.6) is 34.5 Å². The SMILES string of the molecule is COc1cc2c(cc1OC)-c1c(-c3ccc(OC)c(OC(C)=O)c3)c3c4cc(OC)c(OC(C)=O)cc4oc(=O)c3n1CC2. The Kier molecular flexibility index (Phi) is 7.16. The van der Waals surface area contributed by atoms with Gasteiger partial charge in [-0.2, -0.15) is 0 Å². The molecule has 0 aliphatic carbocycles. The van der Waals surface area contributed by atoms with Crippen LogP contribution in [0.4, 0.5) is 0 Å². The summed E-state index contributed by atoms with van der Waals surface area (Å²) in [7, 11) is 6.09. The molecule has 0 spiro atoms. The number of carbonyl (C=O) groups excluding carboxylic acids is 2. The van der Waals surface area contributed by atoms with Gasteiger partial charge in [-0.1, -0.05) is 6.07 Å². The number of esters is 2. The normalized spacial score (nSPS) is 12.0. The molecule has 1 aliphatic heterocycles. The van der Waals surface area contributed by atoms with Gasteiger partial charge >= 0.3 is 17.6 Å². The first-order valence-corrected chi connectivity index (χ1v) is 13.7. The highest BCUT2D eigenvalue weighted by atomic mass is 16.6. The number of aryl methyl sites for hydroxylation is 2. The molecule has 11 heteroatoms. The first kappa shape index (κ1) is 28.7. The number of aromatic nitrogens is 1. The van der Waals surface area contributed by atoms with E-state index in [1.165, 1.54) is 34.1 Å². The summed E-state index contributed by atoms with van der Waals surface area (Å²) in [6.45, 7) is 3.05. The van der Waals surface area contributed by atoms with Crippen LogP contribution in [0.25, 0.3) is 44.3 Å². The molecule has 6 rings (SSSR count). The van der Waals surface area contributed by atoms with E-state index in [-0.39, 0.29) is 22.8 Å². The molecule has 0 saturated heterocycles. The highest BCUT2D eigenvalue weighted by Gasteiger charge is 2.31. The van der Waals surface area contributed by atoms with Gasteiger partial charge < -0.3 is 37.4 Å². The van der Waals surface area contributed by atoms with Crippen LogP contribution in [0.15, 0.2) is 51.7 Å². The number of hydrogen-bond acceptors (Lipinski definition) is 10. The van der Waals surface area contributed by atoms with Crippen molar-refractivity contribution in [2.45, 2.75) is 26.8 Å². The topological polar surface area (TPSA) is 125 Å². The predicted octanol–water partition coefficient (Wildman–Crippen LogP) is 5.52. The fraction of sp³-hybridized carbons (Fsp3) is 0.242. The zero-order valence-electron chi connectivity index (χ0n) is 25.0. The number of fused-ring (bicyclic) bond motifs is 7. The Morgan fingerprint density at radius 1 is 0.750 bits per heavy atom. The lowest BCUT2D eigenvalue weighted by Gasteiger charge is -2.23. The molecule has 0 amide bonds. The fourth-order valence-electron chi connectivity index (χ4n) is 5.89. The summed E-state index contributed by atoms with van der Waals surface area (Å²) in [6, 6.07) is 12.2. The van der Waals surface area contributed by atoms with E-state index >= 15 is 0 Å². The highest BCUT2D eigenvalue weighted by Crippen LogP contribution is 2.50. The van der Waals surface area contributed by atoms with E-state index in [9.17, 15) is 14.4 Å². The Morgan fingerprint density at radius 3 is 2.00 bits per heavy atom. The van der Waals surface area contributed by atoms with Crippen LogP contribution in [0.3, 0.4) is 0 Å². The van der Waals surface area contributed by atoms with Gasteiger partial charge in [0.25, 0.3) is 0 Å². The average molecular weight is 600 g/mol. The maximum absolute atomic E-state index is 13.8. The van der Waals surface area contributed by atoms with Crippen molar-refractivity contribution in [3.8, 4) is 56.9 Å². The maximum atomic E-state index is 13.8. The molecule has 0 radical (unpaired) electrons. The number of ether oxygens (including phenoxy) is 6. The summed E-state index contributed by atoms with van der Waals surface area (Å²) in [5.74, 6) is 1.02. The average Bonchev–Trinajstić information content (AvgIpc) is 3.36. The highest BCUT2D eigenvalue weighted by molar-refractivity contribution is 6.17. The molecule has 0 saturated carbocycles. The molecule has 5 aromatic rings.